The highest BCUT2D eigenvalue weighted by atomic mass is 79.9. The molecule has 0 amide bonds. The van der Waals surface area contributed by atoms with Crippen molar-refractivity contribution in [3.05, 3.63) is 58.1 Å². The van der Waals surface area contributed by atoms with E-state index in [9.17, 15) is 4.39 Å². The number of halogens is 3. The molecule has 0 saturated heterocycles. The van der Waals surface area contributed by atoms with Gasteiger partial charge in [-0.05, 0) is 43.7 Å². The topological polar surface area (TPSA) is 17.8 Å². The highest BCUT2D eigenvalue weighted by Gasteiger charge is 2.19. The summed E-state index contributed by atoms with van der Waals surface area (Å²) in [6.45, 7) is 3.82. The minimum absolute atomic E-state index is 0.306. The van der Waals surface area contributed by atoms with E-state index in [0.29, 0.717) is 11.5 Å². The molecule has 2 aromatic carbocycles. The van der Waals surface area contributed by atoms with Crippen molar-refractivity contribution in [2.24, 2.45) is 0 Å². The third kappa shape index (κ3) is 2.47. The molecule has 1 heterocycles. The molecule has 0 N–H and O–H groups in total. The Labute approximate surface area is 135 Å². The molecule has 0 spiro atoms. The Morgan fingerprint density at radius 3 is 2.76 bits per heavy atom. The lowest BCUT2D eigenvalue weighted by atomic mass is 10.2. The Bertz CT molecular complexity index is 827. The minimum atomic E-state index is -0.324. The van der Waals surface area contributed by atoms with Crippen LogP contribution in [0.25, 0.3) is 16.7 Å². The molecule has 0 fully saturated rings. The maximum atomic E-state index is 14.3. The van der Waals surface area contributed by atoms with Gasteiger partial charge in [0.25, 0.3) is 0 Å². The Kier molecular flexibility index (Phi) is 3.76. The van der Waals surface area contributed by atoms with Gasteiger partial charge in [-0.1, -0.05) is 28.1 Å². The molecule has 0 bridgehead atoms. The minimum Gasteiger partial charge on any atom is -0.292 e. The van der Waals surface area contributed by atoms with Crippen LogP contribution in [0.4, 0.5) is 4.39 Å². The van der Waals surface area contributed by atoms with Crippen molar-refractivity contribution in [3.8, 4) is 5.69 Å². The number of rotatable bonds is 2. The molecule has 21 heavy (non-hydrogen) atoms. The van der Waals surface area contributed by atoms with Crippen LogP contribution in [-0.2, 0) is 0 Å². The largest absolute Gasteiger partial charge is 0.292 e. The molecular formula is C16H13BrClFN2. The number of hydrogen-bond donors (Lipinski definition) is 0. The number of imidazole rings is 1. The summed E-state index contributed by atoms with van der Waals surface area (Å²) in [7, 11) is 0. The van der Waals surface area contributed by atoms with Gasteiger partial charge in [0.15, 0.2) is 0 Å². The Morgan fingerprint density at radius 1 is 1.29 bits per heavy atom. The van der Waals surface area contributed by atoms with Gasteiger partial charge >= 0.3 is 0 Å². The van der Waals surface area contributed by atoms with Crippen LogP contribution in [0, 0.1) is 12.7 Å². The number of hydrogen-bond acceptors (Lipinski definition) is 1. The average molecular weight is 368 g/mol. The normalized spacial score (nSPS) is 12.8. The molecule has 0 aliphatic carbocycles. The van der Waals surface area contributed by atoms with Gasteiger partial charge in [0.1, 0.15) is 11.6 Å². The van der Waals surface area contributed by atoms with Gasteiger partial charge in [-0.3, -0.25) is 4.57 Å². The molecule has 0 aliphatic heterocycles. The monoisotopic (exact) mass is 366 g/mol. The SMILES string of the molecule is Cc1cccc2nc(C(C)Cl)n(-c3cc(Br)ccc3F)c12. The fourth-order valence-corrected chi connectivity index (χ4v) is 2.98. The Morgan fingerprint density at radius 2 is 2.05 bits per heavy atom. The lowest BCUT2D eigenvalue weighted by molar-refractivity contribution is 0.616. The number of fused-ring (bicyclic) bond motifs is 1. The second kappa shape index (κ2) is 5.43. The molecule has 108 valence electrons. The molecular weight excluding hydrogens is 355 g/mol. The van der Waals surface area contributed by atoms with Crippen molar-refractivity contribution in [2.75, 3.05) is 0 Å². The summed E-state index contributed by atoms with van der Waals surface area (Å²) >= 11 is 9.65. The van der Waals surface area contributed by atoms with Gasteiger partial charge < -0.3 is 0 Å². The van der Waals surface area contributed by atoms with Gasteiger partial charge in [-0.15, -0.1) is 11.6 Å². The van der Waals surface area contributed by atoms with E-state index in [1.807, 2.05) is 36.6 Å². The third-order valence-corrected chi connectivity index (χ3v) is 4.10. The number of alkyl halides is 1. The first-order valence-electron chi connectivity index (χ1n) is 6.56. The Hall–Kier alpha value is -1.39. The molecule has 5 heteroatoms. The molecule has 3 aromatic rings. The van der Waals surface area contributed by atoms with Crippen LogP contribution in [-0.4, -0.2) is 9.55 Å². The summed E-state index contributed by atoms with van der Waals surface area (Å²) < 4.78 is 16.9. The Balaban J connectivity index is 2.44. The van der Waals surface area contributed by atoms with Crippen LogP contribution in [0.1, 0.15) is 23.7 Å². The highest BCUT2D eigenvalue weighted by molar-refractivity contribution is 9.10. The van der Waals surface area contributed by atoms with E-state index in [1.165, 1.54) is 6.07 Å². The van der Waals surface area contributed by atoms with E-state index in [4.69, 9.17) is 11.6 Å². The van der Waals surface area contributed by atoms with E-state index in [1.54, 1.807) is 12.1 Å². The predicted molar refractivity (Wildman–Crippen MR) is 87.7 cm³/mol. The first-order valence-corrected chi connectivity index (χ1v) is 7.79. The summed E-state index contributed by atoms with van der Waals surface area (Å²) in [5.74, 6) is 0.331. The van der Waals surface area contributed by atoms with E-state index < -0.39 is 0 Å². The van der Waals surface area contributed by atoms with E-state index in [-0.39, 0.29) is 11.2 Å². The number of para-hydroxylation sites is 1. The zero-order valence-corrected chi connectivity index (χ0v) is 13.9. The van der Waals surface area contributed by atoms with Crippen molar-refractivity contribution < 1.29 is 4.39 Å². The van der Waals surface area contributed by atoms with Crippen molar-refractivity contribution in [1.82, 2.24) is 9.55 Å². The van der Waals surface area contributed by atoms with Crippen LogP contribution in [0.3, 0.4) is 0 Å². The molecule has 3 rings (SSSR count). The molecule has 0 saturated carbocycles. The molecule has 0 aliphatic rings. The second-order valence-corrected chi connectivity index (χ2v) is 6.53. The maximum absolute atomic E-state index is 14.3. The smallest absolute Gasteiger partial charge is 0.147 e. The summed E-state index contributed by atoms with van der Waals surface area (Å²) in [4.78, 5) is 4.57. The van der Waals surface area contributed by atoms with Crippen molar-refractivity contribution in [3.63, 3.8) is 0 Å². The lowest BCUT2D eigenvalue weighted by Gasteiger charge is -2.13. The van der Waals surface area contributed by atoms with Crippen LogP contribution in [0.2, 0.25) is 0 Å². The summed E-state index contributed by atoms with van der Waals surface area (Å²) in [6.07, 6.45) is 0. The molecule has 0 radical (unpaired) electrons. The highest BCUT2D eigenvalue weighted by Crippen LogP contribution is 2.32. The van der Waals surface area contributed by atoms with Gasteiger partial charge in [0, 0.05) is 4.47 Å². The van der Waals surface area contributed by atoms with Crippen LogP contribution < -0.4 is 0 Å². The predicted octanol–water partition coefficient (Wildman–Crippen LogP) is 5.54. The van der Waals surface area contributed by atoms with Crippen molar-refractivity contribution in [1.29, 1.82) is 0 Å². The van der Waals surface area contributed by atoms with Crippen LogP contribution in [0.5, 0.6) is 0 Å². The first-order chi connectivity index (χ1) is 9.99. The van der Waals surface area contributed by atoms with Gasteiger partial charge in [0.2, 0.25) is 0 Å². The molecule has 1 atom stereocenters. The van der Waals surface area contributed by atoms with E-state index in [2.05, 4.69) is 20.9 Å². The fourth-order valence-electron chi connectivity index (χ4n) is 2.48. The quantitative estimate of drug-likeness (QED) is 0.544. The summed E-state index contributed by atoms with van der Waals surface area (Å²) in [5, 5.41) is -0.324. The van der Waals surface area contributed by atoms with Gasteiger partial charge in [0.05, 0.1) is 22.1 Å². The zero-order valence-electron chi connectivity index (χ0n) is 11.6. The standard InChI is InChI=1S/C16H13BrClFN2/c1-9-4-3-5-13-15(9)21(16(20-13)10(2)18)14-8-11(17)6-7-12(14)19/h3-8,10H,1-2H3. The van der Waals surface area contributed by atoms with E-state index in [0.717, 1.165) is 21.1 Å². The summed E-state index contributed by atoms with van der Waals surface area (Å²) in [5.41, 5.74) is 3.18. The van der Waals surface area contributed by atoms with Crippen molar-refractivity contribution in [2.45, 2.75) is 19.2 Å². The fraction of sp³-hybridized carbons (Fsp3) is 0.188. The second-order valence-electron chi connectivity index (χ2n) is 4.96. The first kappa shape index (κ1) is 14.5. The van der Waals surface area contributed by atoms with Crippen LogP contribution in [0.15, 0.2) is 40.9 Å². The lowest BCUT2D eigenvalue weighted by Crippen LogP contribution is -2.05. The number of aryl methyl sites for hydroxylation is 1. The van der Waals surface area contributed by atoms with E-state index >= 15 is 0 Å². The summed E-state index contributed by atoms with van der Waals surface area (Å²) in [6, 6.07) is 10.7. The zero-order chi connectivity index (χ0) is 15.1. The number of benzene rings is 2. The third-order valence-electron chi connectivity index (χ3n) is 3.41. The maximum Gasteiger partial charge on any atom is 0.147 e. The molecule has 1 aromatic heterocycles. The van der Waals surface area contributed by atoms with Gasteiger partial charge in [-0.2, -0.15) is 0 Å². The molecule has 1 unspecified atom stereocenters. The van der Waals surface area contributed by atoms with Gasteiger partial charge in [-0.25, -0.2) is 9.37 Å². The number of nitrogens with zero attached hydrogens (tertiary/aromatic N) is 2. The number of aromatic nitrogens is 2. The van der Waals surface area contributed by atoms with Crippen LogP contribution >= 0.6 is 27.5 Å². The van der Waals surface area contributed by atoms with Crippen molar-refractivity contribution >= 4 is 38.6 Å². The average Bonchev–Trinajstić information content (AvgIpc) is 2.82. The molecule has 2 nitrogen and oxygen atoms in total.